The van der Waals surface area contributed by atoms with Gasteiger partial charge in [-0.05, 0) is 0 Å². The second-order valence-corrected chi connectivity index (χ2v) is 1.22. The van der Waals surface area contributed by atoms with Gasteiger partial charge in [0.2, 0.25) is 0 Å². The van der Waals surface area contributed by atoms with Gasteiger partial charge < -0.3 is 85.8 Å². The minimum atomic E-state index is -5.17. The molecule has 150 valence electrons. The Labute approximate surface area is 122 Å². The molecule has 0 rings (SSSR count). The van der Waals surface area contributed by atoms with Gasteiger partial charge in [-0.1, -0.05) is 0 Å². The first-order chi connectivity index (χ1) is 2.00. The summed E-state index contributed by atoms with van der Waals surface area (Å²) in [4.78, 5) is 0. The van der Waals surface area contributed by atoms with Gasteiger partial charge in [0, 0.05) is 10.4 Å². The third-order valence-corrected chi connectivity index (χ3v) is 0. The molecular formula is H28FeO18S. The van der Waals surface area contributed by atoms with Crippen LogP contribution in [0, 0.1) is 0 Å². The minimum absolute atomic E-state index is 0. The van der Waals surface area contributed by atoms with Crippen molar-refractivity contribution in [1.29, 1.82) is 0 Å². The van der Waals surface area contributed by atoms with Gasteiger partial charge in [-0.25, -0.2) is 0 Å². The van der Waals surface area contributed by atoms with Gasteiger partial charge in [-0.15, -0.1) is 0 Å². The van der Waals surface area contributed by atoms with Crippen molar-refractivity contribution in [3.8, 4) is 0 Å². The van der Waals surface area contributed by atoms with Crippen molar-refractivity contribution in [3.05, 3.63) is 0 Å². The molecule has 0 bridgehead atoms. The monoisotopic (exact) mass is 404 g/mol. The summed E-state index contributed by atoms with van der Waals surface area (Å²) in [5.74, 6) is 0. The van der Waals surface area contributed by atoms with Crippen LogP contribution in [0.25, 0.3) is 0 Å². The standard InChI is InChI=1S/Fe.H2O4S.14H2O/c;1-5(2,3)4;;;;;;;;;;;;;;/h;(H2,1,2,3,4);14*1H2/q+2;;;;;;;;;;;;;;;/p-2. The second kappa shape index (κ2) is 176. The molecule has 0 aromatic carbocycles. The second-order valence-electron chi connectivity index (χ2n) is 0.408. The summed E-state index contributed by atoms with van der Waals surface area (Å²) in [7, 11) is -5.17. The topological polar surface area (TPSA) is 521 Å². The van der Waals surface area contributed by atoms with Crippen molar-refractivity contribution in [2.45, 2.75) is 0 Å². The first-order valence-corrected chi connectivity index (χ1v) is 2.00. The molecular weight excluding hydrogens is 376 g/mol. The van der Waals surface area contributed by atoms with E-state index in [-0.39, 0.29) is 93.7 Å². The SMILES string of the molecule is O.O.O.O.O.O.O.O.O.O.O.O.O.O.O=S(=O)([O-])[O-].[Fe+2]. The Morgan fingerprint density at radius 3 is 0.400 bits per heavy atom. The molecule has 0 amide bonds. The summed E-state index contributed by atoms with van der Waals surface area (Å²) in [5, 5.41) is 0. The maximum atomic E-state index is 8.52. The van der Waals surface area contributed by atoms with Crippen LogP contribution in [0.5, 0.6) is 0 Å². The van der Waals surface area contributed by atoms with Crippen LogP contribution in [0.2, 0.25) is 0 Å². The van der Waals surface area contributed by atoms with Crippen molar-refractivity contribution >= 4 is 10.4 Å². The van der Waals surface area contributed by atoms with E-state index in [9.17, 15) is 0 Å². The Bertz CT molecular complexity index is 94.6. The quantitative estimate of drug-likeness (QED) is 0.215. The van der Waals surface area contributed by atoms with E-state index < -0.39 is 10.4 Å². The van der Waals surface area contributed by atoms with Crippen molar-refractivity contribution < 1.29 is 111 Å². The smallest absolute Gasteiger partial charge is 0.759 e. The molecule has 0 aliphatic rings. The first-order valence-electron chi connectivity index (χ1n) is 0.667. The third kappa shape index (κ3) is 174000. The molecule has 0 fully saturated rings. The summed E-state index contributed by atoms with van der Waals surface area (Å²) < 4.78 is 34.1. The van der Waals surface area contributed by atoms with Crippen LogP contribution in [0.4, 0.5) is 0 Å². The average Bonchev–Trinajstić information content (AvgIpc) is 0.722. The molecule has 0 saturated heterocycles. The molecule has 0 unspecified atom stereocenters. The Hall–Kier alpha value is -0.171. The van der Waals surface area contributed by atoms with Crippen LogP contribution < -0.4 is 0 Å². The predicted octanol–water partition coefficient (Wildman–Crippen LogP) is -12.9. The minimum Gasteiger partial charge on any atom is -0.759 e. The zero-order chi connectivity index (χ0) is 4.50. The van der Waals surface area contributed by atoms with Gasteiger partial charge in [0.15, 0.2) is 0 Å². The van der Waals surface area contributed by atoms with Crippen LogP contribution in [-0.2, 0) is 27.5 Å². The Morgan fingerprint density at radius 1 is 0.400 bits per heavy atom. The summed E-state index contributed by atoms with van der Waals surface area (Å²) in [6.07, 6.45) is 0. The van der Waals surface area contributed by atoms with Gasteiger partial charge in [0.25, 0.3) is 0 Å². The average molecular weight is 404 g/mol. The van der Waals surface area contributed by atoms with Crippen molar-refractivity contribution in [3.63, 3.8) is 0 Å². The molecule has 0 heterocycles. The molecule has 0 saturated carbocycles. The number of hydrogen-bond donors (Lipinski definition) is 0. The molecule has 28 N–H and O–H groups in total. The summed E-state index contributed by atoms with van der Waals surface area (Å²) in [6.45, 7) is 0. The maximum absolute atomic E-state index is 8.52. The van der Waals surface area contributed by atoms with Crippen LogP contribution in [0.1, 0.15) is 0 Å². The zero-order valence-corrected chi connectivity index (χ0v) is 11.3. The van der Waals surface area contributed by atoms with E-state index in [1.54, 1.807) is 0 Å². The van der Waals surface area contributed by atoms with E-state index in [1.165, 1.54) is 0 Å². The molecule has 18 nitrogen and oxygen atoms in total. The van der Waals surface area contributed by atoms with Crippen LogP contribution in [0.15, 0.2) is 0 Å². The van der Waals surface area contributed by atoms with E-state index in [0.29, 0.717) is 0 Å². The molecule has 0 aromatic heterocycles. The molecule has 20 heavy (non-hydrogen) atoms. The molecule has 0 spiro atoms. The largest absolute Gasteiger partial charge is 2.00 e. The molecule has 0 atom stereocenters. The summed E-state index contributed by atoms with van der Waals surface area (Å²) >= 11 is 0. The van der Waals surface area contributed by atoms with E-state index in [2.05, 4.69) is 0 Å². The predicted molar refractivity (Wildman–Crippen MR) is 61.1 cm³/mol. The van der Waals surface area contributed by atoms with Crippen LogP contribution in [-0.4, -0.2) is 94.2 Å². The van der Waals surface area contributed by atoms with Gasteiger partial charge in [0.05, 0.1) is 0 Å². The molecule has 0 radical (unpaired) electrons. The fourth-order valence-electron chi connectivity index (χ4n) is 0. The van der Waals surface area contributed by atoms with E-state index in [1.807, 2.05) is 0 Å². The number of hydrogen-bond acceptors (Lipinski definition) is 4. The zero-order valence-electron chi connectivity index (χ0n) is 9.39. The Kier molecular flexibility index (Phi) is 4220. The van der Waals surface area contributed by atoms with Crippen LogP contribution >= 0.6 is 0 Å². The van der Waals surface area contributed by atoms with Crippen molar-refractivity contribution in [2.75, 3.05) is 0 Å². The fourth-order valence-corrected chi connectivity index (χ4v) is 0. The number of rotatable bonds is 0. The van der Waals surface area contributed by atoms with Gasteiger partial charge >= 0.3 is 17.1 Å². The normalized spacial score (nSPS) is 2.90. The Morgan fingerprint density at radius 2 is 0.400 bits per heavy atom. The van der Waals surface area contributed by atoms with Crippen molar-refractivity contribution in [2.24, 2.45) is 0 Å². The van der Waals surface area contributed by atoms with Crippen LogP contribution in [0.3, 0.4) is 0 Å². The molecule has 0 aromatic rings. The molecule has 0 aliphatic carbocycles. The fraction of sp³-hybridized carbons (Fsp3) is 0. The maximum Gasteiger partial charge on any atom is 2.00 e. The van der Waals surface area contributed by atoms with Gasteiger partial charge in [-0.2, -0.15) is 0 Å². The van der Waals surface area contributed by atoms with E-state index >= 15 is 0 Å². The first kappa shape index (κ1) is 479. The third-order valence-electron chi connectivity index (χ3n) is 0. The van der Waals surface area contributed by atoms with Gasteiger partial charge in [0.1, 0.15) is 0 Å². The van der Waals surface area contributed by atoms with Gasteiger partial charge in [-0.3, -0.25) is 8.42 Å². The summed E-state index contributed by atoms with van der Waals surface area (Å²) in [5.41, 5.74) is 0. The Balaban J connectivity index is -0.000000000762. The van der Waals surface area contributed by atoms with Crippen molar-refractivity contribution in [1.82, 2.24) is 0 Å². The van der Waals surface area contributed by atoms with E-state index in [0.717, 1.165) is 0 Å². The summed E-state index contributed by atoms with van der Waals surface area (Å²) in [6, 6.07) is 0. The van der Waals surface area contributed by atoms with E-state index in [4.69, 9.17) is 17.5 Å². The molecule has 0 aliphatic heterocycles. The molecule has 20 heteroatoms.